The first-order chi connectivity index (χ1) is 29.7. The topological polar surface area (TPSA) is 13.1 Å². The molecule has 0 saturated carbocycles. The van der Waals surface area contributed by atoms with E-state index in [4.69, 9.17) is 4.42 Å². The van der Waals surface area contributed by atoms with Crippen LogP contribution in [0.25, 0.3) is 88.3 Å². The van der Waals surface area contributed by atoms with E-state index in [9.17, 15) is 0 Å². The van der Waals surface area contributed by atoms with Crippen molar-refractivity contribution >= 4 is 56.5 Å². The number of hydrogen-bond acceptors (Lipinski definition) is 1. The summed E-state index contributed by atoms with van der Waals surface area (Å²) in [5.41, 5.74) is 13.7. The van der Waals surface area contributed by atoms with Gasteiger partial charge in [0, 0.05) is 21.9 Å². The van der Waals surface area contributed by atoms with Gasteiger partial charge in [-0.05, 0) is 79.1 Å². The van der Waals surface area contributed by atoms with Crippen LogP contribution in [0.5, 0.6) is 0 Å². The van der Waals surface area contributed by atoms with Crippen molar-refractivity contribution in [3.8, 4) is 55.6 Å². The van der Waals surface area contributed by atoms with Gasteiger partial charge < -0.3 is 4.42 Å². The van der Waals surface area contributed by atoms with Crippen molar-refractivity contribution in [2.45, 2.75) is 0 Å². The quantitative estimate of drug-likeness (QED) is 0.140. The Morgan fingerprint density at radius 2 is 0.567 bits per heavy atom. The van der Waals surface area contributed by atoms with Crippen LogP contribution in [0.2, 0.25) is 0 Å². The van der Waals surface area contributed by atoms with Gasteiger partial charge in [0.15, 0.2) is 0 Å². The Hall–Kier alpha value is -7.31. The molecule has 2 heteroatoms. The summed E-state index contributed by atoms with van der Waals surface area (Å²) in [5, 5.41) is 8.79. The molecule has 10 aromatic carbocycles. The van der Waals surface area contributed by atoms with Crippen LogP contribution in [-0.2, 0) is 0 Å². The number of rotatable bonds is 8. The number of hydrogen-bond donors (Lipinski definition) is 0. The molecule has 0 N–H and O–H groups in total. The monoisotopic (exact) mass is 782 g/mol. The SMILES string of the molecule is c1ccc(-c2ccc(P(c3ccc(-c4ccc(-c5cccc6c5oc5c(-c7ccccc7)cccc56)cc4)cc3)c3ccc(-c4cccc5ccccc45)cc3)cc2)cc1. The van der Waals surface area contributed by atoms with Crippen molar-refractivity contribution in [1.82, 2.24) is 0 Å². The van der Waals surface area contributed by atoms with Crippen LogP contribution in [0.4, 0.5) is 0 Å². The van der Waals surface area contributed by atoms with E-state index < -0.39 is 7.92 Å². The molecule has 1 unspecified atom stereocenters. The fourth-order valence-electron chi connectivity index (χ4n) is 8.69. The fourth-order valence-corrected chi connectivity index (χ4v) is 10.9. The van der Waals surface area contributed by atoms with Crippen molar-refractivity contribution in [1.29, 1.82) is 0 Å². The molecule has 0 bridgehead atoms. The summed E-state index contributed by atoms with van der Waals surface area (Å²) in [4.78, 5) is 0. The van der Waals surface area contributed by atoms with Gasteiger partial charge in [-0.25, -0.2) is 0 Å². The van der Waals surface area contributed by atoms with Crippen LogP contribution < -0.4 is 15.9 Å². The average Bonchev–Trinajstić information content (AvgIpc) is 3.72. The van der Waals surface area contributed by atoms with E-state index in [0.29, 0.717) is 0 Å². The largest absolute Gasteiger partial charge is 0.455 e. The lowest BCUT2D eigenvalue weighted by atomic mass is 9.98. The molecule has 0 radical (unpaired) electrons. The summed E-state index contributed by atoms with van der Waals surface area (Å²) in [6.07, 6.45) is 0. The standard InChI is InChI=1S/C58H39OP/c1-3-12-40(13-4-1)42-28-34-48(35-29-42)60(50-38-32-46(33-39-50)52-19-9-17-44-16-7-8-18-51(44)52)49-36-30-43(31-37-49)41-24-26-47(27-25-41)54-21-11-23-56-55-22-10-20-53(57(55)59-58(54)56)45-14-5-2-6-15-45/h1-39H. The zero-order chi connectivity index (χ0) is 39.8. The first kappa shape index (κ1) is 35.8. The summed E-state index contributed by atoms with van der Waals surface area (Å²) in [6, 6.07) is 85.9. The van der Waals surface area contributed by atoms with Gasteiger partial charge in [0.25, 0.3) is 0 Å². The number of furan rings is 1. The third kappa shape index (κ3) is 6.60. The average molecular weight is 783 g/mol. The molecule has 11 rings (SSSR count). The zero-order valence-electron chi connectivity index (χ0n) is 32.9. The zero-order valence-corrected chi connectivity index (χ0v) is 33.8. The van der Waals surface area contributed by atoms with E-state index in [1.54, 1.807) is 0 Å². The molecule has 0 spiro atoms. The molecule has 60 heavy (non-hydrogen) atoms. The molecule has 0 fully saturated rings. The van der Waals surface area contributed by atoms with Gasteiger partial charge in [0.05, 0.1) is 0 Å². The first-order valence-corrected chi connectivity index (χ1v) is 21.8. The van der Waals surface area contributed by atoms with Crippen molar-refractivity contribution in [2.24, 2.45) is 0 Å². The minimum Gasteiger partial charge on any atom is -0.455 e. The third-order valence-corrected chi connectivity index (χ3v) is 14.2. The van der Waals surface area contributed by atoms with Crippen molar-refractivity contribution in [2.75, 3.05) is 0 Å². The van der Waals surface area contributed by atoms with Crippen LogP contribution in [0, 0.1) is 0 Å². The van der Waals surface area contributed by atoms with E-state index in [2.05, 4.69) is 237 Å². The molecule has 11 aromatic rings. The molecule has 282 valence electrons. The predicted octanol–water partition coefficient (Wildman–Crippen LogP) is 14.8. The molecule has 0 amide bonds. The summed E-state index contributed by atoms with van der Waals surface area (Å²) in [7, 11) is -0.814. The number of fused-ring (bicyclic) bond motifs is 4. The summed E-state index contributed by atoms with van der Waals surface area (Å²) < 4.78 is 6.72. The molecule has 1 nitrogen and oxygen atoms in total. The Morgan fingerprint density at radius 1 is 0.233 bits per heavy atom. The molecular weight excluding hydrogens is 744 g/mol. The van der Waals surface area contributed by atoms with Crippen molar-refractivity contribution in [3.63, 3.8) is 0 Å². The maximum atomic E-state index is 6.72. The molecule has 1 atom stereocenters. The summed E-state index contributed by atoms with van der Waals surface area (Å²) >= 11 is 0. The molecule has 0 saturated heterocycles. The lowest BCUT2D eigenvalue weighted by molar-refractivity contribution is 0.671. The molecular formula is C58H39OP. The van der Waals surface area contributed by atoms with Crippen LogP contribution >= 0.6 is 7.92 Å². The molecule has 0 aliphatic heterocycles. The summed E-state index contributed by atoms with van der Waals surface area (Å²) in [5.74, 6) is 0. The Bertz CT molecular complexity index is 3250. The number of benzene rings is 10. The van der Waals surface area contributed by atoms with Gasteiger partial charge in [-0.15, -0.1) is 0 Å². The smallest absolute Gasteiger partial charge is 0.143 e. The van der Waals surface area contributed by atoms with E-state index in [-0.39, 0.29) is 0 Å². The highest BCUT2D eigenvalue weighted by atomic mass is 31.1. The highest BCUT2D eigenvalue weighted by Gasteiger charge is 2.19. The second-order valence-corrected chi connectivity index (χ2v) is 17.5. The summed E-state index contributed by atoms with van der Waals surface area (Å²) in [6.45, 7) is 0. The van der Waals surface area contributed by atoms with E-state index in [0.717, 1.165) is 44.2 Å². The lowest BCUT2D eigenvalue weighted by Crippen LogP contribution is -2.20. The predicted molar refractivity (Wildman–Crippen MR) is 257 cm³/mol. The normalized spacial score (nSPS) is 11.9. The molecule has 1 aromatic heterocycles. The Morgan fingerprint density at radius 3 is 1.12 bits per heavy atom. The van der Waals surface area contributed by atoms with Crippen LogP contribution in [0.1, 0.15) is 0 Å². The maximum Gasteiger partial charge on any atom is 0.143 e. The highest BCUT2D eigenvalue weighted by molar-refractivity contribution is 7.79. The van der Waals surface area contributed by atoms with E-state index in [1.165, 1.54) is 60.1 Å². The third-order valence-electron chi connectivity index (χ3n) is 11.7. The molecule has 0 aliphatic carbocycles. The van der Waals surface area contributed by atoms with Gasteiger partial charge >= 0.3 is 0 Å². The van der Waals surface area contributed by atoms with Crippen molar-refractivity contribution < 1.29 is 4.42 Å². The second kappa shape index (κ2) is 15.5. The maximum absolute atomic E-state index is 6.72. The number of para-hydroxylation sites is 2. The Labute approximate surface area is 351 Å². The van der Waals surface area contributed by atoms with Crippen LogP contribution in [-0.4, -0.2) is 0 Å². The first-order valence-electron chi connectivity index (χ1n) is 20.5. The van der Waals surface area contributed by atoms with Gasteiger partial charge in [0.2, 0.25) is 0 Å². The van der Waals surface area contributed by atoms with E-state index in [1.807, 2.05) is 0 Å². The highest BCUT2D eigenvalue weighted by Crippen LogP contribution is 2.41. The van der Waals surface area contributed by atoms with Gasteiger partial charge in [-0.3, -0.25) is 0 Å². The Balaban J connectivity index is 0.921. The van der Waals surface area contributed by atoms with Gasteiger partial charge in [0.1, 0.15) is 11.2 Å². The minimum atomic E-state index is -0.814. The lowest BCUT2D eigenvalue weighted by Gasteiger charge is -2.21. The van der Waals surface area contributed by atoms with E-state index >= 15 is 0 Å². The molecule has 1 heterocycles. The fraction of sp³-hybridized carbons (Fsp3) is 0. The van der Waals surface area contributed by atoms with Crippen LogP contribution in [0.3, 0.4) is 0 Å². The molecule has 0 aliphatic rings. The minimum absolute atomic E-state index is 0.814. The Kier molecular flexibility index (Phi) is 9.23. The van der Waals surface area contributed by atoms with Gasteiger partial charge in [-0.1, -0.05) is 237 Å². The van der Waals surface area contributed by atoms with Gasteiger partial charge in [-0.2, -0.15) is 0 Å². The van der Waals surface area contributed by atoms with Crippen molar-refractivity contribution in [3.05, 3.63) is 237 Å². The second-order valence-electron chi connectivity index (χ2n) is 15.3. The van der Waals surface area contributed by atoms with Crippen LogP contribution in [0.15, 0.2) is 241 Å².